The van der Waals surface area contributed by atoms with E-state index in [-0.39, 0.29) is 5.75 Å². The van der Waals surface area contributed by atoms with Gasteiger partial charge in [-0.15, -0.1) is 5.01 Å². The van der Waals surface area contributed by atoms with Crippen molar-refractivity contribution in [1.82, 2.24) is 10.3 Å². The lowest BCUT2D eigenvalue weighted by Crippen LogP contribution is -2.40. The normalized spacial score (nSPS) is 20.7. The molecule has 1 aliphatic rings. The molecule has 6 nitrogen and oxygen atoms in total. The third-order valence-electron chi connectivity index (χ3n) is 3.82. The number of nitrogens with one attached hydrogen (secondary N) is 1. The Hall–Kier alpha value is -2.86. The van der Waals surface area contributed by atoms with Gasteiger partial charge in [-0.2, -0.15) is 5.10 Å². The fourth-order valence-electron chi connectivity index (χ4n) is 2.45. The Bertz CT molecular complexity index is 838. The minimum Gasteiger partial charge on any atom is -0.507 e. The first kappa shape index (κ1) is 16.0. The van der Waals surface area contributed by atoms with Gasteiger partial charge in [0.2, 0.25) is 0 Å². The molecule has 2 aromatic carbocycles. The number of imide groups is 1. The monoisotopic (exact) mass is 343 g/mol. The molecule has 0 aliphatic carbocycles. The van der Waals surface area contributed by atoms with Crippen molar-refractivity contribution in [3.8, 4) is 5.75 Å². The molecule has 0 saturated carbocycles. The molecule has 0 radical (unpaired) electrons. The van der Waals surface area contributed by atoms with Crippen LogP contribution in [0.4, 0.5) is 4.79 Å². The average Bonchev–Trinajstić information content (AvgIpc) is 2.80. The number of rotatable bonds is 3. The quantitative estimate of drug-likeness (QED) is 0.664. The van der Waals surface area contributed by atoms with Crippen LogP contribution in [0.2, 0.25) is 5.02 Å². The maximum atomic E-state index is 12.7. The second-order valence-electron chi connectivity index (χ2n) is 5.49. The number of aromatic hydroxyl groups is 1. The van der Waals surface area contributed by atoms with Crippen LogP contribution in [0.5, 0.6) is 5.75 Å². The van der Waals surface area contributed by atoms with Crippen LogP contribution >= 0.6 is 11.6 Å². The number of hydrazone groups is 1. The summed E-state index contributed by atoms with van der Waals surface area (Å²) in [6.07, 6.45) is 1.22. The Morgan fingerprint density at radius 2 is 1.92 bits per heavy atom. The Labute approximate surface area is 143 Å². The van der Waals surface area contributed by atoms with Crippen LogP contribution in [0, 0.1) is 0 Å². The lowest BCUT2D eigenvalue weighted by atomic mass is 9.92. The van der Waals surface area contributed by atoms with Crippen molar-refractivity contribution in [2.45, 2.75) is 12.5 Å². The van der Waals surface area contributed by atoms with Crippen molar-refractivity contribution in [2.24, 2.45) is 5.10 Å². The van der Waals surface area contributed by atoms with E-state index in [9.17, 15) is 14.7 Å². The maximum Gasteiger partial charge on any atom is 0.346 e. The van der Waals surface area contributed by atoms with E-state index in [0.29, 0.717) is 16.1 Å². The molecular weight excluding hydrogens is 330 g/mol. The van der Waals surface area contributed by atoms with Crippen molar-refractivity contribution < 1.29 is 14.7 Å². The van der Waals surface area contributed by atoms with E-state index < -0.39 is 17.5 Å². The number of amides is 3. The van der Waals surface area contributed by atoms with Crippen LogP contribution in [0.3, 0.4) is 0 Å². The Morgan fingerprint density at radius 3 is 2.62 bits per heavy atom. The van der Waals surface area contributed by atoms with Gasteiger partial charge in [-0.25, -0.2) is 4.79 Å². The molecule has 122 valence electrons. The first-order valence-electron chi connectivity index (χ1n) is 7.16. The van der Waals surface area contributed by atoms with Gasteiger partial charge in [-0.05, 0) is 30.7 Å². The number of benzene rings is 2. The summed E-state index contributed by atoms with van der Waals surface area (Å²) in [6.45, 7) is 1.62. The second kappa shape index (κ2) is 5.98. The van der Waals surface area contributed by atoms with Crippen LogP contribution in [-0.4, -0.2) is 28.3 Å². The van der Waals surface area contributed by atoms with E-state index in [4.69, 9.17) is 11.6 Å². The fourth-order valence-corrected chi connectivity index (χ4v) is 2.63. The van der Waals surface area contributed by atoms with Gasteiger partial charge in [0.25, 0.3) is 5.91 Å². The van der Waals surface area contributed by atoms with Gasteiger partial charge in [-0.1, -0.05) is 41.9 Å². The summed E-state index contributed by atoms with van der Waals surface area (Å²) in [4.78, 5) is 24.8. The number of carbonyl (C=O) groups is 2. The molecule has 7 heteroatoms. The second-order valence-corrected chi connectivity index (χ2v) is 5.92. The summed E-state index contributed by atoms with van der Waals surface area (Å²) >= 11 is 5.86. The molecule has 1 saturated heterocycles. The summed E-state index contributed by atoms with van der Waals surface area (Å²) < 4.78 is 0. The maximum absolute atomic E-state index is 12.7. The number of carbonyl (C=O) groups excluding carboxylic acids is 2. The number of hydrogen-bond acceptors (Lipinski definition) is 4. The van der Waals surface area contributed by atoms with Gasteiger partial charge < -0.3 is 10.4 Å². The molecule has 2 aromatic rings. The Balaban J connectivity index is 1.90. The Kier molecular flexibility index (Phi) is 3.99. The molecule has 1 fully saturated rings. The Morgan fingerprint density at radius 1 is 1.21 bits per heavy atom. The molecule has 1 atom stereocenters. The topological polar surface area (TPSA) is 82.0 Å². The molecule has 0 bridgehead atoms. The van der Waals surface area contributed by atoms with Gasteiger partial charge in [0.1, 0.15) is 11.3 Å². The van der Waals surface area contributed by atoms with E-state index in [1.54, 1.807) is 31.2 Å². The molecule has 0 aromatic heterocycles. The molecule has 1 aliphatic heterocycles. The van der Waals surface area contributed by atoms with Crippen LogP contribution in [-0.2, 0) is 10.3 Å². The predicted octanol–water partition coefficient (Wildman–Crippen LogP) is 2.85. The third kappa shape index (κ3) is 2.72. The SMILES string of the molecule is C[C@@]1(c2ccccc2)NC(=O)N(/N=C/c2cc(Cl)ccc2O)C1=O. The summed E-state index contributed by atoms with van der Waals surface area (Å²) in [5.74, 6) is -0.558. The first-order valence-corrected chi connectivity index (χ1v) is 7.54. The van der Waals surface area contributed by atoms with Crippen molar-refractivity contribution in [1.29, 1.82) is 0 Å². The van der Waals surface area contributed by atoms with Gasteiger partial charge in [-0.3, -0.25) is 4.79 Å². The van der Waals surface area contributed by atoms with Crippen LogP contribution in [0.15, 0.2) is 53.6 Å². The predicted molar refractivity (Wildman–Crippen MR) is 89.9 cm³/mol. The van der Waals surface area contributed by atoms with Gasteiger partial charge >= 0.3 is 6.03 Å². The van der Waals surface area contributed by atoms with Gasteiger partial charge in [0, 0.05) is 10.6 Å². The molecule has 3 amide bonds. The number of hydrogen-bond donors (Lipinski definition) is 2. The standard InChI is InChI=1S/C17H14ClN3O3/c1-17(12-5-3-2-4-6-12)15(23)21(16(24)20-17)19-10-11-9-13(18)7-8-14(11)22/h2-10,22H,1H3,(H,20,24)/b19-10+/t17-/m0/s1. The fraction of sp³-hybridized carbons (Fsp3) is 0.118. The molecule has 0 spiro atoms. The van der Waals surface area contributed by atoms with E-state index in [1.165, 1.54) is 24.4 Å². The molecule has 0 unspecified atom stereocenters. The van der Waals surface area contributed by atoms with E-state index in [1.807, 2.05) is 6.07 Å². The lowest BCUT2D eigenvalue weighted by Gasteiger charge is -2.20. The summed E-state index contributed by atoms with van der Waals surface area (Å²) in [7, 11) is 0. The van der Waals surface area contributed by atoms with Crippen molar-refractivity contribution in [3.05, 3.63) is 64.7 Å². The van der Waals surface area contributed by atoms with Gasteiger partial charge in [0.05, 0.1) is 6.21 Å². The zero-order valence-corrected chi connectivity index (χ0v) is 13.5. The zero-order chi connectivity index (χ0) is 17.3. The van der Waals surface area contributed by atoms with E-state index in [0.717, 1.165) is 5.01 Å². The highest BCUT2D eigenvalue weighted by atomic mass is 35.5. The van der Waals surface area contributed by atoms with Crippen molar-refractivity contribution >= 4 is 29.8 Å². The summed E-state index contributed by atoms with van der Waals surface area (Å²) in [5.41, 5.74) is -0.227. The highest BCUT2D eigenvalue weighted by Gasteiger charge is 2.49. The zero-order valence-electron chi connectivity index (χ0n) is 12.7. The molecule has 2 N–H and O–H groups in total. The first-order chi connectivity index (χ1) is 11.4. The van der Waals surface area contributed by atoms with Crippen LogP contribution < -0.4 is 5.32 Å². The van der Waals surface area contributed by atoms with E-state index in [2.05, 4.69) is 10.4 Å². The van der Waals surface area contributed by atoms with E-state index >= 15 is 0 Å². The number of phenolic OH excluding ortho intramolecular Hbond substituents is 1. The van der Waals surface area contributed by atoms with Gasteiger partial charge in [0.15, 0.2) is 0 Å². The molecule has 3 rings (SSSR count). The minimum absolute atomic E-state index is 0.0546. The number of halogens is 1. The van der Waals surface area contributed by atoms with Crippen molar-refractivity contribution in [2.75, 3.05) is 0 Å². The average molecular weight is 344 g/mol. The van der Waals surface area contributed by atoms with Crippen molar-refractivity contribution in [3.63, 3.8) is 0 Å². The third-order valence-corrected chi connectivity index (χ3v) is 4.06. The molecular formula is C17H14ClN3O3. The summed E-state index contributed by atoms with van der Waals surface area (Å²) in [6, 6.07) is 12.7. The smallest absolute Gasteiger partial charge is 0.346 e. The number of nitrogens with zero attached hydrogens (tertiary/aromatic N) is 2. The lowest BCUT2D eigenvalue weighted by molar-refractivity contribution is -0.131. The minimum atomic E-state index is -1.19. The molecule has 24 heavy (non-hydrogen) atoms. The highest BCUT2D eigenvalue weighted by Crippen LogP contribution is 2.29. The van der Waals surface area contributed by atoms with Crippen LogP contribution in [0.1, 0.15) is 18.1 Å². The number of phenols is 1. The van der Waals surface area contributed by atoms with Crippen LogP contribution in [0.25, 0.3) is 0 Å². The molecule has 1 heterocycles. The number of urea groups is 1. The largest absolute Gasteiger partial charge is 0.507 e. The summed E-state index contributed by atoms with van der Waals surface area (Å²) in [5, 5.41) is 17.5. The highest BCUT2D eigenvalue weighted by molar-refractivity contribution is 6.30.